The number of carbonyl (C=O) groups is 1. The Hall–Kier alpha value is -1.75. The van der Waals surface area contributed by atoms with Gasteiger partial charge in [0.25, 0.3) is 0 Å². The fourth-order valence-electron chi connectivity index (χ4n) is 2.98. The van der Waals surface area contributed by atoms with E-state index in [2.05, 4.69) is 32.8 Å². The van der Waals surface area contributed by atoms with Crippen LogP contribution in [0.2, 0.25) is 0 Å². The van der Waals surface area contributed by atoms with Crippen molar-refractivity contribution < 1.29 is 4.79 Å². The van der Waals surface area contributed by atoms with E-state index in [4.69, 9.17) is 0 Å². The van der Waals surface area contributed by atoms with Gasteiger partial charge in [-0.2, -0.15) is 0 Å². The topological polar surface area (TPSA) is 46.1 Å². The average Bonchev–Trinajstić information content (AvgIpc) is 2.52. The first-order chi connectivity index (χ1) is 11.1. The Labute approximate surface area is 145 Å². The normalized spacial score (nSPS) is 14.0. The van der Waals surface area contributed by atoms with Crippen LogP contribution >= 0.6 is 15.9 Å². The van der Waals surface area contributed by atoms with Gasteiger partial charge in [-0.15, -0.1) is 0 Å². The van der Waals surface area contributed by atoms with E-state index in [1.807, 2.05) is 36.1 Å². The molecule has 0 saturated heterocycles. The summed E-state index contributed by atoms with van der Waals surface area (Å²) in [5.74, 6) is 1.68. The fourth-order valence-corrected chi connectivity index (χ4v) is 3.25. The predicted octanol–water partition coefficient (Wildman–Crippen LogP) is 3.98. The summed E-state index contributed by atoms with van der Waals surface area (Å²) in [5.41, 5.74) is 3.35. The molecule has 0 atom stereocenters. The second kappa shape index (κ2) is 6.79. The Morgan fingerprint density at radius 1 is 1.17 bits per heavy atom. The molecule has 3 rings (SSSR count). The zero-order valence-electron chi connectivity index (χ0n) is 13.5. The molecule has 1 aliphatic heterocycles. The van der Waals surface area contributed by atoms with Crippen LogP contribution in [0, 0.1) is 6.92 Å². The minimum atomic E-state index is 0.140. The number of amides is 1. The number of anilines is 1. The minimum Gasteiger partial charge on any atom is -0.292 e. The van der Waals surface area contributed by atoms with Crippen molar-refractivity contribution in [3.8, 4) is 0 Å². The van der Waals surface area contributed by atoms with Gasteiger partial charge in [-0.3, -0.25) is 9.69 Å². The molecule has 0 spiro atoms. The maximum absolute atomic E-state index is 12.5. The number of aromatic nitrogens is 2. The SMILES string of the molecule is CCCc1nc(C)nc2c1CCC(=O)N2Cc1ccc(Br)cc1. The average molecular weight is 374 g/mol. The third-order valence-electron chi connectivity index (χ3n) is 4.07. The van der Waals surface area contributed by atoms with E-state index in [-0.39, 0.29) is 5.91 Å². The molecule has 4 nitrogen and oxygen atoms in total. The highest BCUT2D eigenvalue weighted by atomic mass is 79.9. The Bertz CT molecular complexity index is 728. The van der Waals surface area contributed by atoms with E-state index in [0.717, 1.165) is 52.2 Å². The van der Waals surface area contributed by atoms with Crippen molar-refractivity contribution in [3.05, 3.63) is 51.4 Å². The van der Waals surface area contributed by atoms with Crippen LogP contribution in [0.15, 0.2) is 28.7 Å². The smallest absolute Gasteiger partial charge is 0.228 e. The molecule has 2 heterocycles. The van der Waals surface area contributed by atoms with Gasteiger partial charge in [0.15, 0.2) is 0 Å². The molecule has 0 bridgehead atoms. The number of hydrogen-bond donors (Lipinski definition) is 0. The molecular formula is C18H20BrN3O. The summed E-state index contributed by atoms with van der Waals surface area (Å²) in [6, 6.07) is 8.07. The lowest BCUT2D eigenvalue weighted by molar-refractivity contribution is -0.119. The minimum absolute atomic E-state index is 0.140. The fraction of sp³-hybridized carbons (Fsp3) is 0.389. The predicted molar refractivity (Wildman–Crippen MR) is 94.4 cm³/mol. The molecule has 1 aromatic heterocycles. The highest BCUT2D eigenvalue weighted by Gasteiger charge is 2.28. The lowest BCUT2D eigenvalue weighted by Crippen LogP contribution is -2.36. The summed E-state index contributed by atoms with van der Waals surface area (Å²) >= 11 is 3.44. The number of halogens is 1. The van der Waals surface area contributed by atoms with E-state index < -0.39 is 0 Å². The maximum atomic E-state index is 12.5. The summed E-state index contributed by atoms with van der Waals surface area (Å²) in [5, 5.41) is 0. The number of rotatable bonds is 4. The zero-order chi connectivity index (χ0) is 16.4. The molecule has 1 aromatic carbocycles. The standard InChI is InChI=1S/C18H20BrN3O/c1-3-4-16-15-9-10-17(23)22(18(15)21-12(2)20-16)11-13-5-7-14(19)8-6-13/h5-8H,3-4,9-11H2,1-2H3. The zero-order valence-corrected chi connectivity index (χ0v) is 15.1. The van der Waals surface area contributed by atoms with E-state index in [1.54, 1.807) is 0 Å². The van der Waals surface area contributed by atoms with Crippen LogP contribution in [-0.4, -0.2) is 15.9 Å². The molecule has 0 saturated carbocycles. The summed E-state index contributed by atoms with van der Waals surface area (Å²) < 4.78 is 1.04. The van der Waals surface area contributed by atoms with Crippen LogP contribution in [0.4, 0.5) is 5.82 Å². The van der Waals surface area contributed by atoms with E-state index >= 15 is 0 Å². The Balaban J connectivity index is 1.99. The summed E-state index contributed by atoms with van der Waals surface area (Å²) in [6.07, 6.45) is 3.27. The van der Waals surface area contributed by atoms with Crippen LogP contribution < -0.4 is 4.90 Å². The molecule has 1 amide bonds. The molecule has 0 unspecified atom stereocenters. The monoisotopic (exact) mass is 373 g/mol. The first-order valence-corrected chi connectivity index (χ1v) is 8.79. The summed E-state index contributed by atoms with van der Waals surface area (Å²) in [7, 11) is 0. The van der Waals surface area contributed by atoms with Gasteiger partial charge < -0.3 is 0 Å². The van der Waals surface area contributed by atoms with Crippen LogP contribution in [0.5, 0.6) is 0 Å². The van der Waals surface area contributed by atoms with Gasteiger partial charge in [0, 0.05) is 22.2 Å². The van der Waals surface area contributed by atoms with Crippen molar-refractivity contribution in [1.82, 2.24) is 9.97 Å². The van der Waals surface area contributed by atoms with Gasteiger partial charge in [-0.05, 0) is 37.5 Å². The number of aryl methyl sites for hydroxylation is 2. The summed E-state index contributed by atoms with van der Waals surface area (Å²) in [6.45, 7) is 4.61. The lowest BCUT2D eigenvalue weighted by Gasteiger charge is -2.29. The molecule has 0 fully saturated rings. The Kier molecular flexibility index (Phi) is 4.76. The van der Waals surface area contributed by atoms with Gasteiger partial charge in [0.2, 0.25) is 5.91 Å². The lowest BCUT2D eigenvalue weighted by atomic mass is 10.00. The molecule has 120 valence electrons. The number of nitrogens with zero attached hydrogens (tertiary/aromatic N) is 3. The van der Waals surface area contributed by atoms with Crippen molar-refractivity contribution in [2.75, 3.05) is 4.90 Å². The van der Waals surface area contributed by atoms with Crippen LogP contribution in [-0.2, 0) is 24.2 Å². The highest BCUT2D eigenvalue weighted by Crippen LogP contribution is 2.30. The van der Waals surface area contributed by atoms with Gasteiger partial charge in [-0.1, -0.05) is 41.4 Å². The van der Waals surface area contributed by atoms with Crippen molar-refractivity contribution >= 4 is 27.7 Å². The van der Waals surface area contributed by atoms with Crippen LogP contribution in [0.1, 0.15) is 42.4 Å². The van der Waals surface area contributed by atoms with Crippen molar-refractivity contribution in [1.29, 1.82) is 0 Å². The molecule has 0 aliphatic carbocycles. The van der Waals surface area contributed by atoms with Gasteiger partial charge in [0.05, 0.1) is 6.54 Å². The van der Waals surface area contributed by atoms with Crippen molar-refractivity contribution in [2.24, 2.45) is 0 Å². The van der Waals surface area contributed by atoms with Gasteiger partial charge >= 0.3 is 0 Å². The van der Waals surface area contributed by atoms with Crippen molar-refractivity contribution in [3.63, 3.8) is 0 Å². The maximum Gasteiger partial charge on any atom is 0.228 e. The van der Waals surface area contributed by atoms with E-state index in [9.17, 15) is 4.79 Å². The third-order valence-corrected chi connectivity index (χ3v) is 4.60. The van der Waals surface area contributed by atoms with E-state index in [1.165, 1.54) is 0 Å². The van der Waals surface area contributed by atoms with Gasteiger partial charge in [-0.25, -0.2) is 9.97 Å². The van der Waals surface area contributed by atoms with Crippen LogP contribution in [0.25, 0.3) is 0 Å². The molecular weight excluding hydrogens is 354 g/mol. The first-order valence-electron chi connectivity index (χ1n) is 7.99. The number of fused-ring (bicyclic) bond motifs is 1. The largest absolute Gasteiger partial charge is 0.292 e. The number of hydrogen-bond acceptors (Lipinski definition) is 3. The molecule has 0 N–H and O–H groups in total. The second-order valence-electron chi connectivity index (χ2n) is 5.88. The summed E-state index contributed by atoms with van der Waals surface area (Å²) in [4.78, 5) is 23.5. The number of benzene rings is 1. The Morgan fingerprint density at radius 3 is 2.61 bits per heavy atom. The quantitative estimate of drug-likeness (QED) is 0.813. The molecule has 0 radical (unpaired) electrons. The van der Waals surface area contributed by atoms with Crippen LogP contribution in [0.3, 0.4) is 0 Å². The molecule has 5 heteroatoms. The molecule has 1 aliphatic rings. The number of carbonyl (C=O) groups excluding carboxylic acids is 1. The molecule has 23 heavy (non-hydrogen) atoms. The van der Waals surface area contributed by atoms with E-state index in [0.29, 0.717) is 13.0 Å². The first kappa shape index (κ1) is 16.1. The van der Waals surface area contributed by atoms with Crippen molar-refractivity contribution in [2.45, 2.75) is 46.1 Å². The second-order valence-corrected chi connectivity index (χ2v) is 6.79. The van der Waals surface area contributed by atoms with Gasteiger partial charge in [0.1, 0.15) is 11.6 Å². The molecule has 2 aromatic rings. The third kappa shape index (κ3) is 3.44. The Morgan fingerprint density at radius 2 is 1.91 bits per heavy atom. The highest BCUT2D eigenvalue weighted by molar-refractivity contribution is 9.10.